The standard InChI is InChI=1S/C23H17ClN2O4/c1-14-18(22(27)26(25-14)16-6-4-3-5-7-16)13-17-9-11-21(30-17)15-8-10-20(24)19(12-15)23(28)29-2/h3-13H,1-2H3. The number of furan rings is 1. The van der Waals surface area contributed by atoms with E-state index in [9.17, 15) is 9.59 Å². The first-order valence-electron chi connectivity index (χ1n) is 9.13. The van der Waals surface area contributed by atoms with Gasteiger partial charge in [0.15, 0.2) is 0 Å². The minimum Gasteiger partial charge on any atom is -0.465 e. The van der Waals surface area contributed by atoms with Crippen molar-refractivity contribution in [2.45, 2.75) is 6.92 Å². The predicted octanol–water partition coefficient (Wildman–Crippen LogP) is 5.19. The van der Waals surface area contributed by atoms with E-state index >= 15 is 0 Å². The van der Waals surface area contributed by atoms with Crippen LogP contribution in [0, 0.1) is 0 Å². The Hall–Kier alpha value is -3.64. The van der Waals surface area contributed by atoms with Crippen molar-refractivity contribution < 1.29 is 18.7 Å². The summed E-state index contributed by atoms with van der Waals surface area (Å²) < 4.78 is 10.6. The van der Waals surface area contributed by atoms with Crippen LogP contribution in [0.3, 0.4) is 0 Å². The number of esters is 1. The fourth-order valence-electron chi connectivity index (χ4n) is 3.10. The highest BCUT2D eigenvalue weighted by atomic mass is 35.5. The monoisotopic (exact) mass is 420 g/mol. The molecule has 30 heavy (non-hydrogen) atoms. The highest BCUT2D eigenvalue weighted by Crippen LogP contribution is 2.29. The lowest BCUT2D eigenvalue weighted by atomic mass is 10.1. The molecule has 4 rings (SSSR count). The lowest BCUT2D eigenvalue weighted by molar-refractivity contribution is -0.114. The number of nitrogens with zero attached hydrogens (tertiary/aromatic N) is 2. The SMILES string of the molecule is COC(=O)c1cc(-c2ccc(C=C3C(=O)N(c4ccccc4)N=C3C)o2)ccc1Cl. The van der Waals surface area contributed by atoms with Gasteiger partial charge >= 0.3 is 5.97 Å². The number of carbonyl (C=O) groups is 2. The Labute approximate surface area is 178 Å². The molecule has 0 fully saturated rings. The van der Waals surface area contributed by atoms with E-state index in [1.807, 2.05) is 30.3 Å². The summed E-state index contributed by atoms with van der Waals surface area (Å²) in [5.74, 6) is 0.271. The second-order valence-electron chi connectivity index (χ2n) is 6.58. The quantitative estimate of drug-likeness (QED) is 0.430. The van der Waals surface area contributed by atoms with Crippen LogP contribution in [0.1, 0.15) is 23.0 Å². The average Bonchev–Trinajstić information content (AvgIpc) is 3.34. The van der Waals surface area contributed by atoms with Crippen molar-refractivity contribution in [3.8, 4) is 11.3 Å². The normalized spacial score (nSPS) is 14.9. The second-order valence-corrected chi connectivity index (χ2v) is 6.99. The molecule has 0 saturated carbocycles. The van der Waals surface area contributed by atoms with Crippen LogP contribution in [0.5, 0.6) is 0 Å². The first-order valence-corrected chi connectivity index (χ1v) is 9.50. The number of benzene rings is 2. The van der Waals surface area contributed by atoms with Crippen LogP contribution in [-0.4, -0.2) is 24.7 Å². The lowest BCUT2D eigenvalue weighted by Crippen LogP contribution is -2.21. The number of ether oxygens (including phenoxy) is 1. The van der Waals surface area contributed by atoms with E-state index in [0.717, 1.165) is 0 Å². The molecule has 3 aromatic rings. The molecule has 1 aromatic heterocycles. The summed E-state index contributed by atoms with van der Waals surface area (Å²) in [5.41, 5.74) is 2.66. The average molecular weight is 421 g/mol. The van der Waals surface area contributed by atoms with Gasteiger partial charge in [-0.2, -0.15) is 10.1 Å². The third-order valence-electron chi connectivity index (χ3n) is 4.63. The maximum absolute atomic E-state index is 12.8. The molecule has 0 N–H and O–H groups in total. The van der Waals surface area contributed by atoms with Crippen molar-refractivity contribution in [1.29, 1.82) is 0 Å². The maximum Gasteiger partial charge on any atom is 0.339 e. The Morgan fingerprint density at radius 2 is 1.90 bits per heavy atom. The van der Waals surface area contributed by atoms with Gasteiger partial charge < -0.3 is 9.15 Å². The number of para-hydroxylation sites is 1. The van der Waals surface area contributed by atoms with Crippen LogP contribution < -0.4 is 5.01 Å². The number of methoxy groups -OCH3 is 1. The maximum atomic E-state index is 12.8. The molecule has 0 aliphatic carbocycles. The zero-order valence-corrected chi connectivity index (χ0v) is 17.0. The van der Waals surface area contributed by atoms with E-state index in [4.69, 9.17) is 20.8 Å². The first-order chi connectivity index (χ1) is 14.5. The van der Waals surface area contributed by atoms with Gasteiger partial charge in [-0.1, -0.05) is 29.8 Å². The van der Waals surface area contributed by atoms with Crippen LogP contribution in [0.25, 0.3) is 17.4 Å². The van der Waals surface area contributed by atoms with E-state index in [1.54, 1.807) is 43.3 Å². The molecule has 0 unspecified atom stereocenters. The number of halogens is 1. The smallest absolute Gasteiger partial charge is 0.339 e. The molecule has 0 bridgehead atoms. The number of carbonyl (C=O) groups excluding carboxylic acids is 2. The minimum atomic E-state index is -0.528. The third-order valence-corrected chi connectivity index (χ3v) is 4.96. The molecule has 1 aliphatic rings. The van der Waals surface area contributed by atoms with Gasteiger partial charge in [0.1, 0.15) is 11.5 Å². The molecule has 0 saturated heterocycles. The molecule has 1 aliphatic heterocycles. The Bertz CT molecular complexity index is 1190. The van der Waals surface area contributed by atoms with Gasteiger partial charge in [0.25, 0.3) is 5.91 Å². The summed E-state index contributed by atoms with van der Waals surface area (Å²) in [7, 11) is 1.30. The summed E-state index contributed by atoms with van der Waals surface area (Å²) >= 11 is 6.08. The zero-order chi connectivity index (χ0) is 21.3. The van der Waals surface area contributed by atoms with E-state index in [2.05, 4.69) is 5.10 Å². The van der Waals surface area contributed by atoms with E-state index < -0.39 is 5.97 Å². The van der Waals surface area contributed by atoms with Crippen molar-refractivity contribution in [1.82, 2.24) is 0 Å². The number of anilines is 1. The van der Waals surface area contributed by atoms with Crippen molar-refractivity contribution >= 4 is 41.0 Å². The van der Waals surface area contributed by atoms with Crippen molar-refractivity contribution in [2.24, 2.45) is 5.10 Å². The van der Waals surface area contributed by atoms with Gasteiger partial charge in [-0.25, -0.2) is 4.79 Å². The van der Waals surface area contributed by atoms with Crippen molar-refractivity contribution in [2.75, 3.05) is 12.1 Å². The Balaban J connectivity index is 1.62. The zero-order valence-electron chi connectivity index (χ0n) is 16.3. The fraction of sp³-hybridized carbons (Fsp3) is 0.0870. The third kappa shape index (κ3) is 3.65. The number of hydrogen-bond donors (Lipinski definition) is 0. The van der Waals surface area contributed by atoms with Gasteiger partial charge in [0.05, 0.1) is 34.7 Å². The number of amides is 1. The predicted molar refractivity (Wildman–Crippen MR) is 116 cm³/mol. The lowest BCUT2D eigenvalue weighted by Gasteiger charge is -2.10. The molecule has 0 radical (unpaired) electrons. The van der Waals surface area contributed by atoms with Gasteiger partial charge in [0, 0.05) is 5.56 Å². The molecule has 7 heteroatoms. The molecule has 2 heterocycles. The highest BCUT2D eigenvalue weighted by molar-refractivity contribution is 6.33. The topological polar surface area (TPSA) is 72.1 Å². The van der Waals surface area contributed by atoms with Gasteiger partial charge in [0.2, 0.25) is 0 Å². The summed E-state index contributed by atoms with van der Waals surface area (Å²) in [5, 5.41) is 6.02. The number of hydrogen-bond acceptors (Lipinski definition) is 5. The molecule has 6 nitrogen and oxygen atoms in total. The largest absolute Gasteiger partial charge is 0.465 e. The molecule has 1 amide bonds. The fourth-order valence-corrected chi connectivity index (χ4v) is 3.30. The first kappa shape index (κ1) is 19.7. The van der Waals surface area contributed by atoms with Gasteiger partial charge in [-0.15, -0.1) is 0 Å². The van der Waals surface area contributed by atoms with E-state index in [1.165, 1.54) is 12.1 Å². The Morgan fingerprint density at radius 3 is 2.63 bits per heavy atom. The summed E-state index contributed by atoms with van der Waals surface area (Å²) in [6.45, 7) is 1.78. The number of rotatable bonds is 4. The van der Waals surface area contributed by atoms with Gasteiger partial charge in [-0.05, 0) is 55.5 Å². The second kappa shape index (κ2) is 8.00. The van der Waals surface area contributed by atoms with Crippen LogP contribution in [0.4, 0.5) is 5.69 Å². The van der Waals surface area contributed by atoms with Crippen LogP contribution in [0.2, 0.25) is 5.02 Å². The summed E-state index contributed by atoms with van der Waals surface area (Å²) in [6.07, 6.45) is 1.66. The van der Waals surface area contributed by atoms with Crippen LogP contribution >= 0.6 is 11.6 Å². The Morgan fingerprint density at radius 1 is 1.13 bits per heavy atom. The highest BCUT2D eigenvalue weighted by Gasteiger charge is 2.29. The molecule has 150 valence electrons. The van der Waals surface area contributed by atoms with Crippen LogP contribution in [-0.2, 0) is 9.53 Å². The molecule has 2 aromatic carbocycles. The minimum absolute atomic E-state index is 0.226. The van der Waals surface area contributed by atoms with E-state index in [0.29, 0.717) is 39.1 Å². The summed E-state index contributed by atoms with van der Waals surface area (Å²) in [6, 6.07) is 17.7. The molecular weight excluding hydrogens is 404 g/mol. The number of hydrazone groups is 1. The van der Waals surface area contributed by atoms with Crippen molar-refractivity contribution in [3.63, 3.8) is 0 Å². The molecule has 0 atom stereocenters. The Kier molecular flexibility index (Phi) is 5.25. The molecular formula is C23H17ClN2O4. The molecule has 0 spiro atoms. The van der Waals surface area contributed by atoms with E-state index in [-0.39, 0.29) is 11.5 Å². The van der Waals surface area contributed by atoms with Gasteiger partial charge in [-0.3, -0.25) is 4.79 Å². The van der Waals surface area contributed by atoms with Crippen LogP contribution in [0.15, 0.2) is 75.8 Å². The van der Waals surface area contributed by atoms with Crippen molar-refractivity contribution in [3.05, 3.63) is 82.6 Å². The summed E-state index contributed by atoms with van der Waals surface area (Å²) in [4.78, 5) is 24.7.